The van der Waals surface area contributed by atoms with E-state index in [1.807, 2.05) is 37.6 Å². The molecule has 0 spiro atoms. The highest BCUT2D eigenvalue weighted by molar-refractivity contribution is 5.82. The molecule has 1 fully saturated rings. The summed E-state index contributed by atoms with van der Waals surface area (Å²) in [6, 6.07) is 9.13. The third kappa shape index (κ3) is 3.62. The van der Waals surface area contributed by atoms with Crippen LogP contribution in [0.2, 0.25) is 0 Å². The van der Waals surface area contributed by atoms with E-state index >= 15 is 0 Å². The Hall–Kier alpha value is -2.14. The summed E-state index contributed by atoms with van der Waals surface area (Å²) in [4.78, 5) is 18.6. The summed E-state index contributed by atoms with van der Waals surface area (Å²) in [6.45, 7) is 1.41. The van der Waals surface area contributed by atoms with E-state index < -0.39 is 6.10 Å². The van der Waals surface area contributed by atoms with Gasteiger partial charge in [-0.3, -0.25) is 4.79 Å². The summed E-state index contributed by atoms with van der Waals surface area (Å²) in [5.41, 5.74) is 0.660. The van der Waals surface area contributed by atoms with Crippen LogP contribution in [-0.2, 0) is 18.3 Å². The van der Waals surface area contributed by atoms with Crippen LogP contribution in [0.15, 0.2) is 42.7 Å². The lowest BCUT2D eigenvalue weighted by Crippen LogP contribution is -2.41. The van der Waals surface area contributed by atoms with Gasteiger partial charge in [0.25, 0.3) is 5.91 Å². The van der Waals surface area contributed by atoms with Crippen molar-refractivity contribution in [3.63, 3.8) is 0 Å². The second-order valence-electron chi connectivity index (χ2n) is 6.24. The van der Waals surface area contributed by atoms with Crippen molar-refractivity contribution >= 4 is 5.91 Å². The zero-order valence-electron chi connectivity index (χ0n) is 13.4. The molecular formula is C18H23N3O2. The van der Waals surface area contributed by atoms with Gasteiger partial charge in [-0.2, -0.15) is 0 Å². The Kier molecular flexibility index (Phi) is 4.76. The quantitative estimate of drug-likeness (QED) is 0.938. The lowest BCUT2D eigenvalue weighted by molar-refractivity contribution is -0.142. The lowest BCUT2D eigenvalue weighted by atomic mass is 9.92. The molecule has 0 aliphatic carbocycles. The number of aromatic nitrogens is 2. The number of nitrogens with zero attached hydrogens (tertiary/aromatic N) is 3. The molecule has 5 heteroatoms. The Balaban J connectivity index is 1.54. The third-order valence-electron chi connectivity index (χ3n) is 4.67. The Morgan fingerprint density at radius 1 is 1.30 bits per heavy atom. The normalized spacial score (nSPS) is 17.2. The van der Waals surface area contributed by atoms with Crippen LogP contribution in [0.5, 0.6) is 0 Å². The number of aliphatic hydroxyl groups is 1. The maximum absolute atomic E-state index is 12.4. The second kappa shape index (κ2) is 6.96. The van der Waals surface area contributed by atoms with Crippen LogP contribution in [0.1, 0.15) is 30.3 Å². The summed E-state index contributed by atoms with van der Waals surface area (Å²) < 4.78 is 2.05. The molecule has 0 radical (unpaired) electrons. The number of rotatable bonds is 4. The topological polar surface area (TPSA) is 58.4 Å². The van der Waals surface area contributed by atoms with E-state index in [4.69, 9.17) is 0 Å². The van der Waals surface area contributed by atoms with Gasteiger partial charge >= 0.3 is 0 Å². The molecule has 122 valence electrons. The van der Waals surface area contributed by atoms with E-state index in [9.17, 15) is 9.90 Å². The predicted molar refractivity (Wildman–Crippen MR) is 87.6 cm³/mol. The monoisotopic (exact) mass is 313 g/mol. The van der Waals surface area contributed by atoms with E-state index in [0.29, 0.717) is 24.6 Å². The van der Waals surface area contributed by atoms with E-state index in [2.05, 4.69) is 9.55 Å². The standard InChI is InChI=1S/C18H23N3O2/c1-20-12-9-19-16(20)13-14-7-10-21(11-8-14)18(23)17(22)15-5-3-2-4-6-15/h2-6,9,12,14,17,22H,7-8,10-11,13H2,1H3. The molecule has 1 aromatic carbocycles. The number of amides is 1. The molecule has 1 saturated heterocycles. The van der Waals surface area contributed by atoms with Crippen LogP contribution in [0, 0.1) is 5.92 Å². The van der Waals surface area contributed by atoms with Crippen molar-refractivity contribution in [1.29, 1.82) is 0 Å². The smallest absolute Gasteiger partial charge is 0.256 e. The average Bonchev–Trinajstić information content (AvgIpc) is 3.00. The maximum Gasteiger partial charge on any atom is 0.256 e. The molecule has 5 nitrogen and oxygen atoms in total. The zero-order chi connectivity index (χ0) is 16.2. The Morgan fingerprint density at radius 3 is 2.61 bits per heavy atom. The van der Waals surface area contributed by atoms with Gasteiger partial charge in [-0.15, -0.1) is 0 Å². The summed E-state index contributed by atoms with van der Waals surface area (Å²) in [5.74, 6) is 1.46. The average molecular weight is 313 g/mol. The predicted octanol–water partition coefficient (Wildman–Crippen LogP) is 1.93. The molecule has 1 N–H and O–H groups in total. The zero-order valence-corrected chi connectivity index (χ0v) is 13.4. The number of likely N-dealkylation sites (tertiary alicyclic amines) is 1. The Bertz CT molecular complexity index is 645. The Morgan fingerprint density at radius 2 is 2.00 bits per heavy atom. The molecule has 2 aromatic rings. The highest BCUT2D eigenvalue weighted by atomic mass is 16.3. The number of carbonyl (C=O) groups is 1. The van der Waals surface area contributed by atoms with Crippen molar-refractivity contribution in [3.8, 4) is 0 Å². The van der Waals surface area contributed by atoms with Gasteiger partial charge < -0.3 is 14.6 Å². The number of aliphatic hydroxyl groups excluding tert-OH is 1. The van der Waals surface area contributed by atoms with E-state index in [-0.39, 0.29) is 5.91 Å². The van der Waals surface area contributed by atoms with Crippen LogP contribution in [0.25, 0.3) is 0 Å². The minimum atomic E-state index is -1.05. The Labute approximate surface area is 136 Å². The number of carbonyl (C=O) groups excluding carboxylic acids is 1. The third-order valence-corrected chi connectivity index (χ3v) is 4.67. The second-order valence-corrected chi connectivity index (χ2v) is 6.24. The van der Waals surface area contributed by atoms with Crippen molar-refractivity contribution in [2.24, 2.45) is 13.0 Å². The molecule has 1 aromatic heterocycles. The van der Waals surface area contributed by atoms with Crippen molar-refractivity contribution in [2.45, 2.75) is 25.4 Å². The number of aryl methyl sites for hydroxylation is 1. The summed E-state index contributed by atoms with van der Waals surface area (Å²) in [6.07, 6.45) is 5.60. The van der Waals surface area contributed by atoms with E-state index in [0.717, 1.165) is 25.1 Å². The SMILES string of the molecule is Cn1ccnc1CC1CCN(C(=O)C(O)c2ccccc2)CC1. The van der Waals surface area contributed by atoms with Crippen LogP contribution in [0.4, 0.5) is 0 Å². The first kappa shape index (κ1) is 15.7. The molecule has 2 heterocycles. The fraction of sp³-hybridized carbons (Fsp3) is 0.444. The molecule has 3 rings (SSSR count). The number of imidazole rings is 1. The number of hydrogen-bond donors (Lipinski definition) is 1. The fourth-order valence-electron chi connectivity index (χ4n) is 3.16. The van der Waals surface area contributed by atoms with Gasteiger partial charge in [0.05, 0.1) is 0 Å². The summed E-state index contributed by atoms with van der Waals surface area (Å²) in [7, 11) is 2.01. The van der Waals surface area contributed by atoms with E-state index in [1.54, 1.807) is 17.0 Å². The van der Waals surface area contributed by atoms with Crippen molar-refractivity contribution in [2.75, 3.05) is 13.1 Å². The van der Waals surface area contributed by atoms with Gasteiger partial charge in [0.15, 0.2) is 6.10 Å². The van der Waals surface area contributed by atoms with Gasteiger partial charge in [0, 0.05) is 39.0 Å². The minimum absolute atomic E-state index is 0.188. The molecule has 0 saturated carbocycles. The van der Waals surface area contributed by atoms with Gasteiger partial charge in [0.1, 0.15) is 5.82 Å². The molecule has 1 aliphatic rings. The minimum Gasteiger partial charge on any atom is -0.378 e. The first-order chi connectivity index (χ1) is 11.1. The summed E-state index contributed by atoms with van der Waals surface area (Å²) >= 11 is 0. The highest BCUT2D eigenvalue weighted by Gasteiger charge is 2.28. The molecule has 1 unspecified atom stereocenters. The molecule has 0 bridgehead atoms. The van der Waals surface area contributed by atoms with E-state index in [1.165, 1.54) is 0 Å². The van der Waals surface area contributed by atoms with Crippen molar-refractivity contribution in [1.82, 2.24) is 14.5 Å². The fourth-order valence-corrected chi connectivity index (χ4v) is 3.16. The number of benzene rings is 1. The van der Waals surface area contributed by atoms with Crippen LogP contribution < -0.4 is 0 Å². The molecule has 1 atom stereocenters. The van der Waals surface area contributed by atoms with Gasteiger partial charge in [0.2, 0.25) is 0 Å². The first-order valence-corrected chi connectivity index (χ1v) is 8.13. The number of piperidine rings is 1. The molecule has 1 amide bonds. The van der Waals surface area contributed by atoms with Gasteiger partial charge in [-0.1, -0.05) is 30.3 Å². The molecule has 1 aliphatic heterocycles. The highest BCUT2D eigenvalue weighted by Crippen LogP contribution is 2.24. The maximum atomic E-state index is 12.4. The number of hydrogen-bond acceptors (Lipinski definition) is 3. The van der Waals surface area contributed by atoms with Crippen molar-refractivity contribution in [3.05, 3.63) is 54.1 Å². The van der Waals surface area contributed by atoms with Crippen molar-refractivity contribution < 1.29 is 9.90 Å². The molecular weight excluding hydrogens is 290 g/mol. The van der Waals surface area contributed by atoms with Gasteiger partial charge in [-0.25, -0.2) is 4.98 Å². The lowest BCUT2D eigenvalue weighted by Gasteiger charge is -2.33. The van der Waals surface area contributed by atoms with Crippen LogP contribution in [0.3, 0.4) is 0 Å². The van der Waals surface area contributed by atoms with Crippen LogP contribution in [-0.4, -0.2) is 38.6 Å². The van der Waals surface area contributed by atoms with Crippen LogP contribution >= 0.6 is 0 Å². The van der Waals surface area contributed by atoms with Gasteiger partial charge in [-0.05, 0) is 24.3 Å². The molecule has 23 heavy (non-hydrogen) atoms. The first-order valence-electron chi connectivity index (χ1n) is 8.13. The summed E-state index contributed by atoms with van der Waals surface area (Å²) in [5, 5.41) is 10.2. The largest absolute Gasteiger partial charge is 0.378 e.